The molecule has 2 rings (SSSR count). The van der Waals surface area contributed by atoms with Crippen molar-refractivity contribution in [3.63, 3.8) is 0 Å². The Bertz CT molecular complexity index is 597. The number of nitrogens with two attached hydrogens (primary N) is 1. The maximum absolute atomic E-state index is 11.7. The maximum Gasteiger partial charge on any atom is 0.244 e. The molecule has 104 valence electrons. The molecule has 0 saturated carbocycles. The number of carbonyl (C=O) groups excluding carboxylic acids is 1. The Morgan fingerprint density at radius 2 is 1.90 bits per heavy atom. The summed E-state index contributed by atoms with van der Waals surface area (Å²) in [6.07, 6.45) is 0. The first kappa shape index (κ1) is 13.9. The summed E-state index contributed by atoms with van der Waals surface area (Å²) < 4.78 is 5.22. The van der Waals surface area contributed by atoms with Crippen LogP contribution in [0.3, 0.4) is 0 Å². The van der Waals surface area contributed by atoms with Crippen LogP contribution in [0, 0.1) is 6.92 Å². The highest BCUT2D eigenvalue weighted by Crippen LogP contribution is 2.25. The predicted octanol–water partition coefficient (Wildman–Crippen LogP) is 2.64. The van der Waals surface area contributed by atoms with E-state index in [1.165, 1.54) is 0 Å². The molecule has 20 heavy (non-hydrogen) atoms. The maximum atomic E-state index is 11.7. The Morgan fingerprint density at radius 1 is 1.20 bits per heavy atom. The zero-order chi connectivity index (χ0) is 14.5. The smallest absolute Gasteiger partial charge is 0.244 e. The van der Waals surface area contributed by atoms with Crippen molar-refractivity contribution >= 4 is 11.6 Å². The van der Waals surface area contributed by atoms with Gasteiger partial charge in [0.2, 0.25) is 5.91 Å². The summed E-state index contributed by atoms with van der Waals surface area (Å²) in [5.41, 5.74) is 8.14. The van der Waals surface area contributed by atoms with Crippen molar-refractivity contribution in [3.8, 4) is 5.75 Å². The van der Waals surface area contributed by atoms with E-state index < -0.39 is 11.9 Å². The van der Waals surface area contributed by atoms with Crippen LogP contribution in [-0.2, 0) is 4.79 Å². The molecule has 0 spiro atoms. The number of methoxy groups -OCH3 is 1. The summed E-state index contributed by atoms with van der Waals surface area (Å²) in [6, 6.07) is 14.5. The molecule has 0 radical (unpaired) electrons. The lowest BCUT2D eigenvalue weighted by Gasteiger charge is -2.18. The van der Waals surface area contributed by atoms with Gasteiger partial charge in [-0.2, -0.15) is 0 Å². The fraction of sp³-hybridized carbons (Fsp3) is 0.188. The van der Waals surface area contributed by atoms with E-state index in [2.05, 4.69) is 5.32 Å². The molecule has 0 aromatic heterocycles. The van der Waals surface area contributed by atoms with Gasteiger partial charge in [-0.3, -0.25) is 4.79 Å². The zero-order valence-electron chi connectivity index (χ0n) is 11.6. The highest BCUT2D eigenvalue weighted by molar-refractivity contribution is 5.84. The van der Waals surface area contributed by atoms with E-state index in [0.717, 1.165) is 22.6 Å². The van der Waals surface area contributed by atoms with Crippen LogP contribution in [0.15, 0.2) is 48.5 Å². The average molecular weight is 270 g/mol. The third-order valence-corrected chi connectivity index (χ3v) is 3.12. The molecule has 4 nitrogen and oxygen atoms in total. The Kier molecular flexibility index (Phi) is 4.25. The van der Waals surface area contributed by atoms with Gasteiger partial charge in [-0.1, -0.05) is 24.3 Å². The second kappa shape index (κ2) is 6.10. The number of benzene rings is 2. The normalized spacial score (nSPS) is 11.7. The first-order valence-electron chi connectivity index (χ1n) is 6.37. The van der Waals surface area contributed by atoms with Crippen molar-refractivity contribution in [2.75, 3.05) is 12.4 Å². The van der Waals surface area contributed by atoms with Crippen molar-refractivity contribution < 1.29 is 9.53 Å². The van der Waals surface area contributed by atoms with Crippen LogP contribution in [0.5, 0.6) is 5.75 Å². The minimum Gasteiger partial charge on any atom is -0.496 e. The van der Waals surface area contributed by atoms with Gasteiger partial charge in [0.1, 0.15) is 11.8 Å². The molecule has 0 aliphatic heterocycles. The molecule has 2 aromatic carbocycles. The third kappa shape index (κ3) is 3.09. The van der Waals surface area contributed by atoms with E-state index in [0.29, 0.717) is 0 Å². The van der Waals surface area contributed by atoms with Gasteiger partial charge in [-0.15, -0.1) is 0 Å². The fourth-order valence-corrected chi connectivity index (χ4v) is 2.10. The topological polar surface area (TPSA) is 64.3 Å². The number of rotatable bonds is 5. The third-order valence-electron chi connectivity index (χ3n) is 3.12. The number of amides is 1. The number of anilines is 1. The molecule has 0 aliphatic carbocycles. The molecule has 0 heterocycles. The lowest BCUT2D eigenvalue weighted by molar-refractivity contribution is -0.118. The van der Waals surface area contributed by atoms with Crippen molar-refractivity contribution in [1.29, 1.82) is 0 Å². The Labute approximate surface area is 118 Å². The number of aryl methyl sites for hydroxylation is 1. The predicted molar refractivity (Wildman–Crippen MR) is 79.7 cm³/mol. The molecule has 0 aliphatic rings. The van der Waals surface area contributed by atoms with Gasteiger partial charge >= 0.3 is 0 Å². The molecule has 1 atom stereocenters. The summed E-state index contributed by atoms with van der Waals surface area (Å²) in [5.74, 6) is 0.370. The van der Waals surface area contributed by atoms with Crippen LogP contribution >= 0.6 is 0 Å². The summed E-state index contributed by atoms with van der Waals surface area (Å²) in [6.45, 7) is 1.93. The van der Waals surface area contributed by atoms with Crippen molar-refractivity contribution in [2.24, 2.45) is 5.73 Å². The van der Waals surface area contributed by atoms with Gasteiger partial charge in [0.25, 0.3) is 0 Å². The summed E-state index contributed by atoms with van der Waals surface area (Å²) in [7, 11) is 1.62. The van der Waals surface area contributed by atoms with Gasteiger partial charge < -0.3 is 15.8 Å². The minimum atomic E-state index is -0.568. The van der Waals surface area contributed by atoms with E-state index in [9.17, 15) is 4.79 Å². The fourth-order valence-electron chi connectivity index (χ4n) is 2.10. The van der Waals surface area contributed by atoms with Gasteiger partial charge in [0.15, 0.2) is 0 Å². The van der Waals surface area contributed by atoms with Crippen LogP contribution in [0.25, 0.3) is 0 Å². The molecular formula is C16H18N2O2. The summed E-state index contributed by atoms with van der Waals surface area (Å²) in [5, 5.41) is 3.14. The first-order valence-corrected chi connectivity index (χ1v) is 6.37. The second-order valence-corrected chi connectivity index (χ2v) is 4.57. The minimum absolute atomic E-state index is 0.418. The van der Waals surface area contributed by atoms with Crippen LogP contribution in [-0.4, -0.2) is 13.0 Å². The number of carbonyl (C=O) groups is 1. The van der Waals surface area contributed by atoms with Gasteiger partial charge in [-0.05, 0) is 42.3 Å². The second-order valence-electron chi connectivity index (χ2n) is 4.57. The van der Waals surface area contributed by atoms with Crippen LogP contribution < -0.4 is 15.8 Å². The van der Waals surface area contributed by atoms with Crippen molar-refractivity contribution in [2.45, 2.75) is 13.0 Å². The zero-order valence-corrected chi connectivity index (χ0v) is 11.6. The van der Waals surface area contributed by atoms with E-state index in [-0.39, 0.29) is 0 Å². The Morgan fingerprint density at radius 3 is 2.45 bits per heavy atom. The van der Waals surface area contributed by atoms with E-state index in [1.54, 1.807) is 7.11 Å². The number of hydrogen-bond acceptors (Lipinski definition) is 3. The van der Waals surface area contributed by atoms with E-state index in [1.807, 2.05) is 55.5 Å². The first-order chi connectivity index (χ1) is 9.61. The number of ether oxygens (including phenoxy) is 1. The average Bonchev–Trinajstić information content (AvgIpc) is 2.45. The number of primary amides is 1. The summed E-state index contributed by atoms with van der Waals surface area (Å²) in [4.78, 5) is 11.7. The molecule has 1 amide bonds. The largest absolute Gasteiger partial charge is 0.496 e. The van der Waals surface area contributed by atoms with Crippen LogP contribution in [0.2, 0.25) is 0 Å². The quantitative estimate of drug-likeness (QED) is 0.877. The van der Waals surface area contributed by atoms with Gasteiger partial charge in [-0.25, -0.2) is 0 Å². The van der Waals surface area contributed by atoms with Crippen molar-refractivity contribution in [1.82, 2.24) is 0 Å². The SMILES string of the molecule is COc1ccc(C(Nc2ccccc2)C(N)=O)cc1C. The lowest BCUT2D eigenvalue weighted by Crippen LogP contribution is -2.27. The van der Waals surface area contributed by atoms with E-state index >= 15 is 0 Å². The molecule has 2 aromatic rings. The molecule has 0 saturated heterocycles. The monoisotopic (exact) mass is 270 g/mol. The Balaban J connectivity index is 2.29. The standard InChI is InChI=1S/C16H18N2O2/c1-11-10-12(8-9-14(11)20-2)15(16(17)19)18-13-6-4-3-5-7-13/h3-10,15,18H,1-2H3,(H2,17,19). The molecule has 0 fully saturated rings. The molecule has 3 N–H and O–H groups in total. The van der Waals surface area contributed by atoms with Crippen molar-refractivity contribution in [3.05, 3.63) is 59.7 Å². The Hall–Kier alpha value is -2.49. The van der Waals surface area contributed by atoms with Crippen LogP contribution in [0.4, 0.5) is 5.69 Å². The number of nitrogens with one attached hydrogen (secondary N) is 1. The molecular weight excluding hydrogens is 252 g/mol. The van der Waals surface area contributed by atoms with Gasteiger partial charge in [0, 0.05) is 5.69 Å². The van der Waals surface area contributed by atoms with E-state index in [4.69, 9.17) is 10.5 Å². The summed E-state index contributed by atoms with van der Waals surface area (Å²) >= 11 is 0. The van der Waals surface area contributed by atoms with Gasteiger partial charge in [0.05, 0.1) is 7.11 Å². The lowest BCUT2D eigenvalue weighted by atomic mass is 10.0. The molecule has 4 heteroatoms. The molecule has 1 unspecified atom stereocenters. The highest BCUT2D eigenvalue weighted by atomic mass is 16.5. The van der Waals surface area contributed by atoms with Crippen LogP contribution in [0.1, 0.15) is 17.2 Å². The number of para-hydroxylation sites is 1. The molecule has 0 bridgehead atoms. The number of hydrogen-bond donors (Lipinski definition) is 2. The highest BCUT2D eigenvalue weighted by Gasteiger charge is 2.18.